The molecule has 0 aliphatic carbocycles. The maximum absolute atomic E-state index is 11.2. The van der Waals surface area contributed by atoms with E-state index in [4.69, 9.17) is 4.42 Å². The summed E-state index contributed by atoms with van der Waals surface area (Å²) >= 11 is 0. The van der Waals surface area contributed by atoms with E-state index in [-0.39, 0.29) is 5.91 Å². The van der Waals surface area contributed by atoms with Crippen molar-refractivity contribution in [3.63, 3.8) is 0 Å². The minimum Gasteiger partial charge on any atom is -0.472 e. The van der Waals surface area contributed by atoms with Gasteiger partial charge in [-0.05, 0) is 19.0 Å². The van der Waals surface area contributed by atoms with Crippen LogP contribution in [0.1, 0.15) is 18.4 Å². The van der Waals surface area contributed by atoms with Gasteiger partial charge in [-0.1, -0.05) is 0 Å². The molecule has 4 heteroatoms. The third kappa shape index (κ3) is 4.65. The summed E-state index contributed by atoms with van der Waals surface area (Å²) < 4.78 is 4.94. The van der Waals surface area contributed by atoms with Crippen molar-refractivity contribution in [3.05, 3.63) is 24.2 Å². The summed E-state index contributed by atoms with van der Waals surface area (Å²) in [5.41, 5.74) is 1.13. The van der Waals surface area contributed by atoms with E-state index in [9.17, 15) is 4.79 Å². The lowest BCUT2D eigenvalue weighted by atomic mass is 10.2. The maximum Gasteiger partial charge on any atom is 0.222 e. The molecule has 0 aliphatic heterocycles. The number of hydrogen-bond acceptors (Lipinski definition) is 3. The van der Waals surface area contributed by atoms with Crippen molar-refractivity contribution >= 4 is 5.91 Å². The number of rotatable bonds is 6. The van der Waals surface area contributed by atoms with Gasteiger partial charge in [0.25, 0.3) is 0 Å². The Labute approximate surface area is 90.3 Å². The van der Waals surface area contributed by atoms with Crippen molar-refractivity contribution in [3.8, 4) is 0 Å². The van der Waals surface area contributed by atoms with Crippen LogP contribution in [0.5, 0.6) is 0 Å². The summed E-state index contributed by atoms with van der Waals surface area (Å²) in [4.78, 5) is 12.8. The highest BCUT2D eigenvalue weighted by molar-refractivity contribution is 5.75. The lowest BCUT2D eigenvalue weighted by Gasteiger charge is -2.09. The molecule has 1 amide bonds. The molecule has 4 nitrogen and oxygen atoms in total. The molecule has 0 saturated carbocycles. The highest BCUT2D eigenvalue weighted by Crippen LogP contribution is 1.99. The number of nitrogens with zero attached hydrogens (tertiary/aromatic N) is 1. The first-order valence-corrected chi connectivity index (χ1v) is 5.12. The summed E-state index contributed by atoms with van der Waals surface area (Å²) in [5.74, 6) is 0.181. The maximum atomic E-state index is 11.2. The molecule has 0 bridgehead atoms. The average Bonchev–Trinajstić information content (AvgIpc) is 2.69. The van der Waals surface area contributed by atoms with Crippen LogP contribution in [-0.2, 0) is 11.3 Å². The largest absolute Gasteiger partial charge is 0.472 e. The van der Waals surface area contributed by atoms with Gasteiger partial charge in [0.1, 0.15) is 0 Å². The van der Waals surface area contributed by atoms with Crippen LogP contribution in [-0.4, -0.2) is 31.4 Å². The van der Waals surface area contributed by atoms with Crippen LogP contribution in [0, 0.1) is 0 Å². The van der Waals surface area contributed by atoms with E-state index in [0.717, 1.165) is 25.1 Å². The second kappa shape index (κ2) is 6.24. The Kier molecular flexibility index (Phi) is 4.90. The van der Waals surface area contributed by atoms with Crippen LogP contribution < -0.4 is 5.32 Å². The van der Waals surface area contributed by atoms with E-state index >= 15 is 0 Å². The molecule has 0 spiro atoms. The first kappa shape index (κ1) is 11.8. The van der Waals surface area contributed by atoms with E-state index in [0.29, 0.717) is 6.42 Å². The number of hydrogen-bond donors (Lipinski definition) is 1. The first-order valence-electron chi connectivity index (χ1n) is 5.12. The molecule has 0 saturated heterocycles. The van der Waals surface area contributed by atoms with Crippen molar-refractivity contribution < 1.29 is 9.21 Å². The van der Waals surface area contributed by atoms with Gasteiger partial charge in [0.05, 0.1) is 12.5 Å². The van der Waals surface area contributed by atoms with Gasteiger partial charge in [-0.3, -0.25) is 4.79 Å². The summed E-state index contributed by atoms with van der Waals surface area (Å²) in [7, 11) is 3.56. The van der Waals surface area contributed by atoms with Gasteiger partial charge in [-0.2, -0.15) is 0 Å². The molecule has 1 N–H and O–H groups in total. The fraction of sp³-hybridized carbons (Fsp3) is 0.545. The molecule has 0 aliphatic rings. The van der Waals surface area contributed by atoms with E-state index in [1.54, 1.807) is 31.5 Å². The van der Waals surface area contributed by atoms with Gasteiger partial charge in [-0.25, -0.2) is 0 Å². The van der Waals surface area contributed by atoms with Crippen LogP contribution in [0.15, 0.2) is 23.0 Å². The molecule has 84 valence electrons. The monoisotopic (exact) mass is 210 g/mol. The van der Waals surface area contributed by atoms with E-state index < -0.39 is 0 Å². The molecule has 0 atom stereocenters. The first-order chi connectivity index (χ1) is 7.20. The molecule has 1 aromatic rings. The van der Waals surface area contributed by atoms with E-state index in [2.05, 4.69) is 5.32 Å². The lowest BCUT2D eigenvalue weighted by molar-refractivity contribution is -0.128. The Morgan fingerprint density at radius 3 is 2.93 bits per heavy atom. The topological polar surface area (TPSA) is 45.5 Å². The quantitative estimate of drug-likeness (QED) is 0.718. The van der Waals surface area contributed by atoms with Gasteiger partial charge in [0.15, 0.2) is 0 Å². The standard InChI is InChI=1S/C11H18N2O2/c1-13(2)11(14)4-3-6-12-8-10-5-7-15-9-10/h5,7,9,12H,3-4,6,8H2,1-2H3. The molecule has 1 aromatic heterocycles. The molecular weight excluding hydrogens is 192 g/mol. The van der Waals surface area contributed by atoms with Gasteiger partial charge in [0.2, 0.25) is 5.91 Å². The molecule has 0 aromatic carbocycles. The van der Waals surface area contributed by atoms with Crippen molar-refractivity contribution in [2.45, 2.75) is 19.4 Å². The Hall–Kier alpha value is -1.29. The zero-order chi connectivity index (χ0) is 11.1. The fourth-order valence-corrected chi connectivity index (χ4v) is 1.21. The Bertz CT molecular complexity index is 281. The summed E-state index contributed by atoms with van der Waals surface area (Å²) in [6.45, 7) is 1.65. The van der Waals surface area contributed by atoms with Crippen LogP contribution in [0.3, 0.4) is 0 Å². The van der Waals surface area contributed by atoms with Gasteiger partial charge in [-0.15, -0.1) is 0 Å². The normalized spacial score (nSPS) is 10.3. The molecule has 1 heterocycles. The molecule has 1 rings (SSSR count). The summed E-state index contributed by atoms with van der Waals surface area (Å²) in [5, 5.41) is 3.25. The number of nitrogens with one attached hydrogen (secondary N) is 1. The van der Waals surface area contributed by atoms with Gasteiger partial charge >= 0.3 is 0 Å². The van der Waals surface area contributed by atoms with Crippen LogP contribution in [0.25, 0.3) is 0 Å². The van der Waals surface area contributed by atoms with E-state index in [1.165, 1.54) is 0 Å². The average molecular weight is 210 g/mol. The molecule has 15 heavy (non-hydrogen) atoms. The molecular formula is C11H18N2O2. The van der Waals surface area contributed by atoms with Crippen molar-refractivity contribution in [1.29, 1.82) is 0 Å². The Morgan fingerprint density at radius 2 is 2.33 bits per heavy atom. The highest BCUT2D eigenvalue weighted by Gasteiger charge is 2.02. The lowest BCUT2D eigenvalue weighted by Crippen LogP contribution is -2.23. The van der Waals surface area contributed by atoms with Crippen molar-refractivity contribution in [2.75, 3.05) is 20.6 Å². The van der Waals surface area contributed by atoms with Crippen LogP contribution >= 0.6 is 0 Å². The predicted octanol–water partition coefficient (Wildman–Crippen LogP) is 1.24. The van der Waals surface area contributed by atoms with Gasteiger partial charge < -0.3 is 14.6 Å². The van der Waals surface area contributed by atoms with Gasteiger partial charge in [0, 0.05) is 32.6 Å². The zero-order valence-corrected chi connectivity index (χ0v) is 9.32. The SMILES string of the molecule is CN(C)C(=O)CCCNCc1ccoc1. The number of amides is 1. The Balaban J connectivity index is 2.00. The third-order valence-corrected chi connectivity index (χ3v) is 2.15. The minimum absolute atomic E-state index is 0.181. The fourth-order valence-electron chi connectivity index (χ4n) is 1.21. The number of furan rings is 1. The minimum atomic E-state index is 0.181. The highest BCUT2D eigenvalue weighted by atomic mass is 16.3. The predicted molar refractivity (Wildman–Crippen MR) is 58.3 cm³/mol. The molecule has 0 radical (unpaired) electrons. The Morgan fingerprint density at radius 1 is 1.53 bits per heavy atom. The van der Waals surface area contributed by atoms with Crippen LogP contribution in [0.2, 0.25) is 0 Å². The zero-order valence-electron chi connectivity index (χ0n) is 9.32. The molecule has 0 unspecified atom stereocenters. The second-order valence-electron chi connectivity index (χ2n) is 3.70. The number of carbonyl (C=O) groups excluding carboxylic acids is 1. The smallest absolute Gasteiger partial charge is 0.222 e. The summed E-state index contributed by atoms with van der Waals surface area (Å²) in [6.07, 6.45) is 4.85. The van der Waals surface area contributed by atoms with Crippen LogP contribution in [0.4, 0.5) is 0 Å². The van der Waals surface area contributed by atoms with E-state index in [1.807, 2.05) is 6.07 Å². The summed E-state index contributed by atoms with van der Waals surface area (Å²) in [6, 6.07) is 1.93. The molecule has 0 fully saturated rings. The second-order valence-corrected chi connectivity index (χ2v) is 3.70. The van der Waals surface area contributed by atoms with Crippen molar-refractivity contribution in [2.24, 2.45) is 0 Å². The third-order valence-electron chi connectivity index (χ3n) is 2.15. The van der Waals surface area contributed by atoms with Crippen molar-refractivity contribution in [1.82, 2.24) is 10.2 Å². The number of carbonyl (C=O) groups is 1.